The maximum absolute atomic E-state index is 13.0. The monoisotopic (exact) mass is 325 g/mol. The van der Waals surface area contributed by atoms with E-state index < -0.39 is 9.84 Å². The fourth-order valence-electron chi connectivity index (χ4n) is 3.37. The van der Waals surface area contributed by atoms with Crippen LogP contribution in [-0.2, 0) is 14.6 Å². The molecule has 4 nitrogen and oxygen atoms in total. The highest BCUT2D eigenvalue weighted by atomic mass is 32.2. The Morgan fingerprint density at radius 1 is 1.32 bits per heavy atom. The van der Waals surface area contributed by atoms with E-state index in [0.717, 1.165) is 12.0 Å². The molecule has 3 rings (SSSR count). The lowest BCUT2D eigenvalue weighted by Gasteiger charge is -2.27. The van der Waals surface area contributed by atoms with Crippen LogP contribution in [0.2, 0.25) is 0 Å². The Bertz CT molecular complexity index is 671. The Morgan fingerprint density at radius 2 is 2.00 bits per heavy atom. The van der Waals surface area contributed by atoms with Crippen LogP contribution in [0.25, 0.3) is 0 Å². The molecule has 1 aliphatic carbocycles. The van der Waals surface area contributed by atoms with Gasteiger partial charge in [0.25, 0.3) is 0 Å². The van der Waals surface area contributed by atoms with Gasteiger partial charge in [-0.15, -0.1) is 0 Å². The van der Waals surface area contributed by atoms with Crippen molar-refractivity contribution in [1.29, 1.82) is 0 Å². The average Bonchev–Trinajstić information content (AvgIpc) is 3.19. The summed E-state index contributed by atoms with van der Waals surface area (Å²) < 4.78 is 36.2. The van der Waals surface area contributed by atoms with Gasteiger partial charge in [0.15, 0.2) is 9.84 Å². The first-order chi connectivity index (χ1) is 10.4. The van der Waals surface area contributed by atoms with Gasteiger partial charge in [0.2, 0.25) is 5.91 Å². The van der Waals surface area contributed by atoms with E-state index in [1.165, 1.54) is 12.1 Å². The number of halogens is 1. The van der Waals surface area contributed by atoms with Crippen LogP contribution in [0.5, 0.6) is 0 Å². The molecule has 1 heterocycles. The lowest BCUT2D eigenvalue weighted by molar-refractivity contribution is -0.134. The third kappa shape index (κ3) is 3.02. The van der Waals surface area contributed by atoms with Crippen molar-refractivity contribution < 1.29 is 17.6 Å². The van der Waals surface area contributed by atoms with Crippen LogP contribution in [-0.4, -0.2) is 43.3 Å². The highest BCUT2D eigenvalue weighted by molar-refractivity contribution is 7.91. The highest BCUT2D eigenvalue weighted by Crippen LogP contribution is 2.48. The molecule has 1 amide bonds. The number of carbonyl (C=O) groups is 1. The minimum Gasteiger partial charge on any atom is -0.339 e. The summed E-state index contributed by atoms with van der Waals surface area (Å²) >= 11 is 0. The first kappa shape index (κ1) is 15.5. The van der Waals surface area contributed by atoms with Crippen molar-refractivity contribution in [2.45, 2.75) is 31.7 Å². The molecule has 1 aromatic rings. The van der Waals surface area contributed by atoms with Gasteiger partial charge in [-0.05, 0) is 43.4 Å². The number of sulfone groups is 1. The Balaban J connectivity index is 1.67. The summed E-state index contributed by atoms with van der Waals surface area (Å²) in [5, 5.41) is 0. The van der Waals surface area contributed by atoms with E-state index in [0.29, 0.717) is 13.0 Å². The number of hydrogen-bond donors (Lipinski definition) is 0. The number of benzene rings is 1. The number of rotatable bonds is 4. The van der Waals surface area contributed by atoms with Gasteiger partial charge in [0.1, 0.15) is 5.82 Å². The minimum absolute atomic E-state index is 0.0407. The van der Waals surface area contributed by atoms with Gasteiger partial charge in [0, 0.05) is 18.5 Å². The normalized spacial score (nSPS) is 29.3. The molecule has 0 N–H and O–H groups in total. The minimum atomic E-state index is -3.00. The Hall–Kier alpha value is -1.43. The summed E-state index contributed by atoms with van der Waals surface area (Å²) in [5.74, 6) is 0.0695. The van der Waals surface area contributed by atoms with Gasteiger partial charge in [0.05, 0.1) is 11.5 Å². The molecule has 22 heavy (non-hydrogen) atoms. The van der Waals surface area contributed by atoms with Crippen molar-refractivity contribution >= 4 is 15.7 Å². The zero-order chi connectivity index (χ0) is 15.9. The summed E-state index contributed by atoms with van der Waals surface area (Å²) in [7, 11) is -3.00. The predicted octanol–water partition coefficient (Wildman–Crippen LogP) is 1.96. The first-order valence-electron chi connectivity index (χ1n) is 7.67. The van der Waals surface area contributed by atoms with Crippen LogP contribution in [0.1, 0.15) is 31.2 Å². The molecule has 1 saturated heterocycles. The summed E-state index contributed by atoms with van der Waals surface area (Å²) in [5.41, 5.74) is 0.981. The van der Waals surface area contributed by atoms with Crippen molar-refractivity contribution in [1.82, 2.24) is 4.90 Å². The number of nitrogens with zero attached hydrogens (tertiary/aromatic N) is 1. The van der Waals surface area contributed by atoms with Gasteiger partial charge in [-0.25, -0.2) is 12.8 Å². The maximum Gasteiger partial charge on any atom is 0.226 e. The Labute approximate surface area is 130 Å². The van der Waals surface area contributed by atoms with Crippen molar-refractivity contribution in [3.8, 4) is 0 Å². The molecule has 3 atom stereocenters. The second kappa shape index (κ2) is 5.65. The lowest BCUT2D eigenvalue weighted by Crippen LogP contribution is -2.42. The molecule has 3 unspecified atom stereocenters. The van der Waals surface area contributed by atoms with Gasteiger partial charge in [-0.1, -0.05) is 12.1 Å². The summed E-state index contributed by atoms with van der Waals surface area (Å²) in [6.07, 6.45) is 1.30. The second-order valence-corrected chi connectivity index (χ2v) is 8.41. The Kier molecular flexibility index (Phi) is 3.97. The van der Waals surface area contributed by atoms with E-state index in [1.54, 1.807) is 17.0 Å². The van der Waals surface area contributed by atoms with Crippen molar-refractivity contribution in [2.75, 3.05) is 18.1 Å². The Morgan fingerprint density at radius 3 is 2.55 bits per heavy atom. The van der Waals surface area contributed by atoms with Crippen LogP contribution < -0.4 is 0 Å². The van der Waals surface area contributed by atoms with Crippen LogP contribution in [0, 0.1) is 11.7 Å². The number of hydrogen-bond acceptors (Lipinski definition) is 3. The van der Waals surface area contributed by atoms with Crippen LogP contribution in [0.4, 0.5) is 4.39 Å². The van der Waals surface area contributed by atoms with Gasteiger partial charge < -0.3 is 4.90 Å². The highest BCUT2D eigenvalue weighted by Gasteiger charge is 2.47. The molecule has 120 valence electrons. The van der Waals surface area contributed by atoms with Crippen LogP contribution in [0.15, 0.2) is 24.3 Å². The molecule has 1 saturated carbocycles. The first-order valence-corrected chi connectivity index (χ1v) is 9.50. The lowest BCUT2D eigenvalue weighted by atomic mass is 10.1. The van der Waals surface area contributed by atoms with Crippen molar-refractivity contribution in [3.05, 3.63) is 35.6 Å². The molecular weight excluding hydrogens is 305 g/mol. The molecular formula is C16H20FNO3S. The summed E-state index contributed by atoms with van der Waals surface area (Å²) in [6.45, 7) is 2.42. The van der Waals surface area contributed by atoms with E-state index in [2.05, 4.69) is 0 Å². The molecule has 2 fully saturated rings. The zero-order valence-corrected chi connectivity index (χ0v) is 13.4. The number of carbonyl (C=O) groups excluding carboxylic acids is 1. The molecule has 2 aliphatic rings. The third-order valence-corrected chi connectivity index (χ3v) is 6.43. The summed E-state index contributed by atoms with van der Waals surface area (Å²) in [6, 6.07) is 6.09. The predicted molar refractivity (Wildman–Crippen MR) is 81.7 cm³/mol. The molecule has 0 radical (unpaired) electrons. The molecule has 0 aromatic heterocycles. The second-order valence-electron chi connectivity index (χ2n) is 6.18. The van der Waals surface area contributed by atoms with Crippen LogP contribution in [0.3, 0.4) is 0 Å². The molecule has 0 spiro atoms. The topological polar surface area (TPSA) is 54.5 Å². The van der Waals surface area contributed by atoms with Crippen molar-refractivity contribution in [2.24, 2.45) is 5.92 Å². The third-order valence-electron chi connectivity index (χ3n) is 4.68. The van der Waals surface area contributed by atoms with Gasteiger partial charge >= 0.3 is 0 Å². The van der Waals surface area contributed by atoms with Crippen molar-refractivity contribution in [3.63, 3.8) is 0 Å². The average molecular weight is 325 g/mol. The summed E-state index contributed by atoms with van der Waals surface area (Å²) in [4.78, 5) is 14.4. The van der Waals surface area contributed by atoms with Gasteiger partial charge in [-0.2, -0.15) is 0 Å². The maximum atomic E-state index is 13.0. The zero-order valence-electron chi connectivity index (χ0n) is 12.5. The van der Waals surface area contributed by atoms with Crippen LogP contribution >= 0.6 is 0 Å². The standard InChI is InChI=1S/C16H20FNO3S/c1-2-18(13-7-8-22(20,21)10-13)16(19)15-9-14(15)11-3-5-12(17)6-4-11/h3-6,13-15H,2,7-10H2,1H3. The van der Waals surface area contributed by atoms with E-state index in [9.17, 15) is 17.6 Å². The largest absolute Gasteiger partial charge is 0.339 e. The smallest absolute Gasteiger partial charge is 0.226 e. The SMILES string of the molecule is CCN(C(=O)C1CC1c1ccc(F)cc1)C1CCS(=O)(=O)C1. The van der Waals surface area contributed by atoms with Gasteiger partial charge in [-0.3, -0.25) is 4.79 Å². The molecule has 1 aliphatic heterocycles. The van der Waals surface area contributed by atoms with E-state index >= 15 is 0 Å². The quantitative estimate of drug-likeness (QED) is 0.850. The fourth-order valence-corrected chi connectivity index (χ4v) is 5.11. The van der Waals surface area contributed by atoms with E-state index in [4.69, 9.17) is 0 Å². The van der Waals surface area contributed by atoms with E-state index in [-0.39, 0.29) is 41.1 Å². The molecule has 1 aromatic carbocycles. The molecule has 0 bridgehead atoms. The fraction of sp³-hybridized carbons (Fsp3) is 0.562. The van der Waals surface area contributed by atoms with E-state index in [1.807, 2.05) is 6.92 Å². The number of amides is 1. The molecule has 6 heteroatoms.